The van der Waals surface area contributed by atoms with Crippen LogP contribution in [0.5, 0.6) is 0 Å². The second kappa shape index (κ2) is 5.38. The standard InChI is InChI=1S/C14H8N4O3S/c15-6-7(5-8-11(19)17-14(21)18-12(8)20)13-16-9-3-1-2-4-10(9)22-13/h1-5,8H,(H2,17,18,19,20,21)/b7-5+. The van der Waals surface area contributed by atoms with Gasteiger partial charge >= 0.3 is 6.03 Å². The summed E-state index contributed by atoms with van der Waals surface area (Å²) in [6.45, 7) is 0. The number of carbonyl (C=O) groups excluding carboxylic acids is 3. The maximum Gasteiger partial charge on any atom is 0.328 e. The van der Waals surface area contributed by atoms with Gasteiger partial charge in [-0.05, 0) is 18.2 Å². The van der Waals surface area contributed by atoms with Crippen molar-refractivity contribution in [3.05, 3.63) is 35.3 Å². The summed E-state index contributed by atoms with van der Waals surface area (Å²) >= 11 is 1.29. The van der Waals surface area contributed by atoms with Crippen molar-refractivity contribution in [2.24, 2.45) is 5.92 Å². The summed E-state index contributed by atoms with van der Waals surface area (Å²) < 4.78 is 0.895. The van der Waals surface area contributed by atoms with Crippen LogP contribution in [-0.2, 0) is 9.59 Å². The first-order valence-electron chi connectivity index (χ1n) is 6.22. The molecule has 0 saturated carbocycles. The molecule has 1 aromatic heterocycles. The molecule has 1 fully saturated rings. The monoisotopic (exact) mass is 312 g/mol. The maximum atomic E-state index is 11.7. The number of carbonyl (C=O) groups is 3. The van der Waals surface area contributed by atoms with Gasteiger partial charge in [-0.1, -0.05) is 12.1 Å². The Balaban J connectivity index is 2.00. The largest absolute Gasteiger partial charge is 0.328 e. The molecule has 1 aromatic carbocycles. The van der Waals surface area contributed by atoms with Crippen molar-refractivity contribution in [2.75, 3.05) is 0 Å². The Bertz CT molecular complexity index is 825. The van der Waals surface area contributed by atoms with Crippen LogP contribution >= 0.6 is 11.3 Å². The SMILES string of the molecule is N#C/C(=C\C1C(=O)NC(=O)NC1=O)c1nc2ccccc2s1. The molecule has 4 amide bonds. The number of nitrogens with one attached hydrogen (secondary N) is 2. The van der Waals surface area contributed by atoms with Gasteiger partial charge in [0.25, 0.3) is 0 Å². The molecule has 2 aromatic rings. The van der Waals surface area contributed by atoms with E-state index in [4.69, 9.17) is 0 Å². The summed E-state index contributed by atoms with van der Waals surface area (Å²) in [4.78, 5) is 38.7. The summed E-state index contributed by atoms with van der Waals surface area (Å²) in [6, 6.07) is 8.44. The molecule has 1 aliphatic rings. The number of rotatable bonds is 2. The van der Waals surface area contributed by atoms with Gasteiger partial charge in [0.05, 0.1) is 15.8 Å². The summed E-state index contributed by atoms with van der Waals surface area (Å²) in [5.41, 5.74) is 0.849. The van der Waals surface area contributed by atoms with Gasteiger partial charge in [0.15, 0.2) is 0 Å². The zero-order chi connectivity index (χ0) is 15.7. The summed E-state index contributed by atoms with van der Waals surface area (Å²) in [5.74, 6) is -2.76. The fourth-order valence-electron chi connectivity index (χ4n) is 1.99. The van der Waals surface area contributed by atoms with E-state index < -0.39 is 23.8 Å². The van der Waals surface area contributed by atoms with E-state index in [0.717, 1.165) is 10.2 Å². The van der Waals surface area contributed by atoms with Crippen molar-refractivity contribution in [1.82, 2.24) is 15.6 Å². The molecule has 0 radical (unpaired) electrons. The molecule has 0 aliphatic carbocycles. The minimum atomic E-state index is -1.24. The molecule has 0 atom stereocenters. The predicted octanol–water partition coefficient (Wildman–Crippen LogP) is 1.19. The number of allylic oxidation sites excluding steroid dienone is 1. The number of benzene rings is 1. The second-order valence-electron chi connectivity index (χ2n) is 4.46. The number of imide groups is 2. The van der Waals surface area contributed by atoms with Crippen LogP contribution in [0.15, 0.2) is 30.3 Å². The highest BCUT2D eigenvalue weighted by Gasteiger charge is 2.33. The first kappa shape index (κ1) is 13.9. The fraction of sp³-hybridized carbons (Fsp3) is 0.0714. The summed E-state index contributed by atoms with van der Waals surface area (Å²) in [6.07, 6.45) is 1.22. The highest BCUT2D eigenvalue weighted by molar-refractivity contribution is 7.19. The van der Waals surface area contributed by atoms with E-state index in [1.165, 1.54) is 17.4 Å². The third kappa shape index (κ3) is 2.45. The van der Waals surface area contributed by atoms with Crippen molar-refractivity contribution in [2.45, 2.75) is 0 Å². The van der Waals surface area contributed by atoms with E-state index in [9.17, 15) is 19.6 Å². The van der Waals surface area contributed by atoms with Gasteiger partial charge in [0.1, 0.15) is 17.0 Å². The third-order valence-electron chi connectivity index (χ3n) is 3.02. The molecule has 8 heteroatoms. The van der Waals surface area contributed by atoms with Gasteiger partial charge in [-0.15, -0.1) is 11.3 Å². The van der Waals surface area contributed by atoms with E-state index in [2.05, 4.69) is 4.98 Å². The van der Waals surface area contributed by atoms with Gasteiger partial charge in [-0.3, -0.25) is 20.2 Å². The van der Waals surface area contributed by atoms with Crippen LogP contribution in [0.25, 0.3) is 15.8 Å². The van der Waals surface area contributed by atoms with Crippen molar-refractivity contribution >= 4 is 45.0 Å². The lowest BCUT2D eigenvalue weighted by Crippen LogP contribution is -2.55. The smallest absolute Gasteiger partial charge is 0.277 e. The Kier molecular flexibility index (Phi) is 3.40. The highest BCUT2D eigenvalue weighted by atomic mass is 32.1. The van der Waals surface area contributed by atoms with E-state index >= 15 is 0 Å². The van der Waals surface area contributed by atoms with Crippen LogP contribution in [-0.4, -0.2) is 22.8 Å². The third-order valence-corrected chi connectivity index (χ3v) is 4.09. The lowest BCUT2D eigenvalue weighted by Gasteiger charge is -2.17. The van der Waals surface area contributed by atoms with Crippen LogP contribution in [0.4, 0.5) is 4.79 Å². The van der Waals surface area contributed by atoms with Gasteiger partial charge in [0, 0.05) is 0 Å². The summed E-state index contributed by atoms with van der Waals surface area (Å²) in [7, 11) is 0. The van der Waals surface area contributed by atoms with Crippen molar-refractivity contribution < 1.29 is 14.4 Å². The van der Waals surface area contributed by atoms with E-state index in [0.29, 0.717) is 5.01 Å². The van der Waals surface area contributed by atoms with Gasteiger partial charge in [0.2, 0.25) is 11.8 Å². The van der Waals surface area contributed by atoms with Crippen molar-refractivity contribution in [3.63, 3.8) is 0 Å². The molecule has 22 heavy (non-hydrogen) atoms. The first-order valence-corrected chi connectivity index (χ1v) is 7.03. The number of hydrogen-bond donors (Lipinski definition) is 2. The Labute approximate surface area is 128 Å². The minimum absolute atomic E-state index is 0.117. The highest BCUT2D eigenvalue weighted by Crippen LogP contribution is 2.27. The predicted molar refractivity (Wildman–Crippen MR) is 78.4 cm³/mol. The van der Waals surface area contributed by atoms with Crippen LogP contribution in [0.3, 0.4) is 0 Å². The number of thiazole rings is 1. The number of aromatic nitrogens is 1. The molecule has 1 aliphatic heterocycles. The number of fused-ring (bicyclic) bond motifs is 1. The van der Waals surface area contributed by atoms with E-state index in [1.807, 2.05) is 41.0 Å². The summed E-state index contributed by atoms with van der Waals surface area (Å²) in [5, 5.41) is 13.7. The van der Waals surface area contributed by atoms with Crippen LogP contribution < -0.4 is 10.6 Å². The molecule has 2 heterocycles. The number of amides is 4. The lowest BCUT2D eigenvalue weighted by molar-refractivity contribution is -0.133. The zero-order valence-corrected chi connectivity index (χ0v) is 11.8. The molecule has 108 valence electrons. The van der Waals surface area contributed by atoms with Gasteiger partial charge < -0.3 is 0 Å². The second-order valence-corrected chi connectivity index (χ2v) is 5.49. The van der Waals surface area contributed by atoms with E-state index in [-0.39, 0.29) is 5.57 Å². The Morgan fingerprint density at radius 3 is 2.55 bits per heavy atom. The van der Waals surface area contributed by atoms with Crippen molar-refractivity contribution in [3.8, 4) is 6.07 Å². The van der Waals surface area contributed by atoms with Crippen LogP contribution in [0.1, 0.15) is 5.01 Å². The first-order chi connectivity index (χ1) is 10.6. The number of nitriles is 1. The molecule has 7 nitrogen and oxygen atoms in total. The molecule has 0 spiro atoms. The molecular weight excluding hydrogens is 304 g/mol. The Morgan fingerprint density at radius 2 is 1.91 bits per heavy atom. The maximum absolute atomic E-state index is 11.7. The quantitative estimate of drug-likeness (QED) is 0.639. The molecule has 0 unspecified atom stereocenters. The molecular formula is C14H8N4O3S. The minimum Gasteiger partial charge on any atom is -0.277 e. The average Bonchev–Trinajstić information content (AvgIpc) is 2.90. The van der Waals surface area contributed by atoms with Gasteiger partial charge in [-0.2, -0.15) is 5.26 Å². The number of barbiturate groups is 1. The average molecular weight is 312 g/mol. The van der Waals surface area contributed by atoms with Gasteiger partial charge in [-0.25, -0.2) is 9.78 Å². The fourth-order valence-corrected chi connectivity index (χ4v) is 2.93. The van der Waals surface area contributed by atoms with Crippen molar-refractivity contribution in [1.29, 1.82) is 5.26 Å². The number of hydrogen-bond acceptors (Lipinski definition) is 6. The Morgan fingerprint density at radius 1 is 1.23 bits per heavy atom. The number of nitrogens with zero attached hydrogens (tertiary/aromatic N) is 2. The van der Waals surface area contributed by atoms with E-state index in [1.54, 1.807) is 0 Å². The molecule has 0 bridgehead atoms. The molecule has 3 rings (SSSR count). The number of para-hydroxylation sites is 1. The van der Waals surface area contributed by atoms with Crippen LogP contribution in [0, 0.1) is 17.2 Å². The molecule has 2 N–H and O–H groups in total. The van der Waals surface area contributed by atoms with Crippen LogP contribution in [0.2, 0.25) is 0 Å². The Hall–Kier alpha value is -3.05. The normalized spacial score (nSPS) is 16.3. The topological polar surface area (TPSA) is 112 Å². The lowest BCUT2D eigenvalue weighted by atomic mass is 10.0. The zero-order valence-electron chi connectivity index (χ0n) is 11.0. The number of urea groups is 1. The molecule has 1 saturated heterocycles.